The average molecular weight is 334 g/mol. The van der Waals surface area contributed by atoms with Gasteiger partial charge in [0.2, 0.25) is 17.7 Å². The number of rotatable bonds is 11. The van der Waals surface area contributed by atoms with Gasteiger partial charge in [0.25, 0.3) is 0 Å². The predicted octanol–water partition coefficient (Wildman–Crippen LogP) is 1.31. The van der Waals surface area contributed by atoms with Gasteiger partial charge in [-0.1, -0.05) is 27.2 Å². The van der Waals surface area contributed by atoms with Gasteiger partial charge in [0.05, 0.1) is 0 Å². The molecule has 0 saturated carbocycles. The van der Waals surface area contributed by atoms with Gasteiger partial charge in [0.15, 0.2) is 0 Å². The molecule has 0 bridgehead atoms. The van der Waals surface area contributed by atoms with Crippen LogP contribution in [-0.4, -0.2) is 35.7 Å². The summed E-state index contributed by atoms with van der Waals surface area (Å²) in [6, 6.07) is -1.38. The Labute approximate surface area is 137 Å². The van der Waals surface area contributed by atoms with Gasteiger partial charge >= 0.3 is 0 Å². The Morgan fingerprint density at radius 3 is 2.05 bits per heavy atom. The molecule has 0 aromatic carbocycles. The summed E-state index contributed by atoms with van der Waals surface area (Å²) in [5.41, 5.74) is 5.20. The monoisotopic (exact) mass is 333 g/mol. The zero-order valence-corrected chi connectivity index (χ0v) is 14.4. The lowest BCUT2D eigenvalue weighted by atomic mass is 10.0. The van der Waals surface area contributed by atoms with Gasteiger partial charge in [-0.25, -0.2) is 0 Å². The van der Waals surface area contributed by atoms with E-state index in [0.717, 1.165) is 12.8 Å². The van der Waals surface area contributed by atoms with Gasteiger partial charge in [-0.05, 0) is 25.2 Å². The minimum atomic E-state index is -0.714. The highest BCUT2D eigenvalue weighted by Gasteiger charge is 2.24. The fraction of sp³-hybridized carbons (Fsp3) is 0.800. The van der Waals surface area contributed by atoms with E-state index in [1.165, 1.54) is 0 Å². The summed E-state index contributed by atoms with van der Waals surface area (Å²) in [5.74, 6) is -0.639. The van der Waals surface area contributed by atoms with Crippen LogP contribution in [0.1, 0.15) is 52.9 Å². The first kappa shape index (κ1) is 20.7. The Hall–Kier alpha value is -1.30. The average Bonchev–Trinajstić information content (AvgIpc) is 2.48. The molecule has 0 aliphatic rings. The van der Waals surface area contributed by atoms with E-state index in [2.05, 4.69) is 10.6 Å². The molecule has 3 atom stereocenters. The third-order valence-electron chi connectivity index (χ3n) is 3.52. The van der Waals surface area contributed by atoms with Crippen LogP contribution in [0.25, 0.3) is 0 Å². The summed E-state index contributed by atoms with van der Waals surface area (Å²) >= 11 is 5.84. The van der Waals surface area contributed by atoms with Crippen molar-refractivity contribution in [2.24, 2.45) is 11.7 Å². The Balaban J connectivity index is 4.54. The van der Waals surface area contributed by atoms with Crippen molar-refractivity contribution >= 4 is 29.3 Å². The molecule has 0 aromatic heterocycles. The van der Waals surface area contributed by atoms with Crippen molar-refractivity contribution in [2.45, 2.75) is 65.0 Å². The molecule has 4 N–H and O–H groups in total. The summed E-state index contributed by atoms with van der Waals surface area (Å²) in [6.45, 7) is 5.58. The van der Waals surface area contributed by atoms with E-state index >= 15 is 0 Å². The minimum absolute atomic E-state index is 0.112. The molecule has 0 spiro atoms. The van der Waals surface area contributed by atoms with Crippen LogP contribution < -0.4 is 16.4 Å². The van der Waals surface area contributed by atoms with Gasteiger partial charge in [0.1, 0.15) is 12.1 Å². The van der Waals surface area contributed by atoms with E-state index in [0.29, 0.717) is 25.1 Å². The first-order valence-electron chi connectivity index (χ1n) is 7.84. The number of alkyl halides is 1. The molecule has 0 heterocycles. The molecule has 7 heteroatoms. The van der Waals surface area contributed by atoms with E-state index in [9.17, 15) is 14.4 Å². The third-order valence-corrected chi connectivity index (χ3v) is 3.95. The van der Waals surface area contributed by atoms with Crippen molar-refractivity contribution in [3.63, 3.8) is 0 Å². The molecule has 0 saturated heterocycles. The Morgan fingerprint density at radius 1 is 1.05 bits per heavy atom. The fourth-order valence-electron chi connectivity index (χ4n) is 2.16. The summed E-state index contributed by atoms with van der Waals surface area (Å²) < 4.78 is 0. The quantitative estimate of drug-likeness (QED) is 0.497. The highest BCUT2D eigenvalue weighted by molar-refractivity contribution is 6.18. The van der Waals surface area contributed by atoms with Gasteiger partial charge in [0, 0.05) is 12.3 Å². The van der Waals surface area contributed by atoms with E-state index in [1.807, 2.05) is 6.92 Å². The van der Waals surface area contributed by atoms with Crippen LogP contribution in [0, 0.1) is 5.92 Å². The van der Waals surface area contributed by atoms with Gasteiger partial charge in [-0.3, -0.25) is 14.4 Å². The van der Waals surface area contributed by atoms with Crippen molar-refractivity contribution in [1.82, 2.24) is 10.6 Å². The van der Waals surface area contributed by atoms with E-state index in [-0.39, 0.29) is 17.7 Å². The van der Waals surface area contributed by atoms with Gasteiger partial charge < -0.3 is 16.4 Å². The SMILES string of the molecule is CCC[C@@H](CCl)CC(=O)N[C@@H](CC)C(=O)N[C@@H](CC)C(N)=O. The third kappa shape index (κ3) is 7.64. The molecule has 0 radical (unpaired) electrons. The summed E-state index contributed by atoms with van der Waals surface area (Å²) in [4.78, 5) is 35.3. The van der Waals surface area contributed by atoms with Gasteiger partial charge in [-0.2, -0.15) is 0 Å². The molecular formula is C15H28ClN3O3. The zero-order valence-electron chi connectivity index (χ0n) is 13.7. The van der Waals surface area contributed by atoms with Crippen molar-refractivity contribution in [3.8, 4) is 0 Å². The Bertz CT molecular complexity index is 377. The van der Waals surface area contributed by atoms with Crippen LogP contribution in [-0.2, 0) is 14.4 Å². The molecule has 0 rings (SSSR count). The normalized spacial score (nSPS) is 14.7. The second-order valence-corrected chi connectivity index (χ2v) is 5.72. The summed E-state index contributed by atoms with van der Waals surface area (Å²) in [6.07, 6.45) is 2.98. The van der Waals surface area contributed by atoms with Crippen LogP contribution >= 0.6 is 11.6 Å². The van der Waals surface area contributed by atoms with Crippen molar-refractivity contribution < 1.29 is 14.4 Å². The number of amides is 3. The molecule has 3 amide bonds. The first-order valence-corrected chi connectivity index (χ1v) is 8.37. The van der Waals surface area contributed by atoms with Crippen molar-refractivity contribution in [3.05, 3.63) is 0 Å². The maximum atomic E-state index is 12.1. The molecular weight excluding hydrogens is 306 g/mol. The van der Waals surface area contributed by atoms with E-state index in [4.69, 9.17) is 17.3 Å². The maximum Gasteiger partial charge on any atom is 0.243 e. The van der Waals surface area contributed by atoms with Crippen molar-refractivity contribution in [1.29, 1.82) is 0 Å². The molecule has 0 aromatic rings. The van der Waals surface area contributed by atoms with Crippen molar-refractivity contribution in [2.75, 3.05) is 5.88 Å². The number of carbonyl (C=O) groups is 3. The van der Waals surface area contributed by atoms with Crippen LogP contribution in [0.4, 0.5) is 0 Å². The minimum Gasteiger partial charge on any atom is -0.368 e. The summed E-state index contributed by atoms with van der Waals surface area (Å²) in [7, 11) is 0. The summed E-state index contributed by atoms with van der Waals surface area (Å²) in [5, 5.41) is 5.26. The lowest BCUT2D eigenvalue weighted by Gasteiger charge is -2.21. The smallest absolute Gasteiger partial charge is 0.243 e. The molecule has 128 valence electrons. The molecule has 6 nitrogen and oxygen atoms in total. The Kier molecular flexibility index (Phi) is 10.6. The van der Waals surface area contributed by atoms with E-state index in [1.54, 1.807) is 13.8 Å². The van der Waals surface area contributed by atoms with Crippen LogP contribution in [0.3, 0.4) is 0 Å². The lowest BCUT2D eigenvalue weighted by Crippen LogP contribution is -2.52. The Morgan fingerprint density at radius 2 is 1.64 bits per heavy atom. The topological polar surface area (TPSA) is 101 Å². The largest absolute Gasteiger partial charge is 0.368 e. The molecule has 0 aliphatic heterocycles. The fourth-order valence-corrected chi connectivity index (χ4v) is 2.42. The molecule has 0 fully saturated rings. The number of hydrogen-bond donors (Lipinski definition) is 3. The second-order valence-electron chi connectivity index (χ2n) is 5.41. The van der Waals surface area contributed by atoms with Crippen LogP contribution in [0.2, 0.25) is 0 Å². The zero-order chi connectivity index (χ0) is 17.1. The second kappa shape index (κ2) is 11.3. The number of nitrogens with one attached hydrogen (secondary N) is 2. The maximum absolute atomic E-state index is 12.1. The first-order chi connectivity index (χ1) is 10.4. The van der Waals surface area contributed by atoms with Crippen LogP contribution in [0.5, 0.6) is 0 Å². The van der Waals surface area contributed by atoms with Gasteiger partial charge in [-0.15, -0.1) is 11.6 Å². The van der Waals surface area contributed by atoms with E-state index < -0.39 is 18.0 Å². The highest BCUT2D eigenvalue weighted by atomic mass is 35.5. The number of primary amides is 1. The highest BCUT2D eigenvalue weighted by Crippen LogP contribution is 2.13. The standard InChI is InChI=1S/C15H28ClN3O3/c1-4-7-10(9-16)8-13(20)18-12(6-3)15(22)19-11(5-2)14(17)21/h10-12H,4-9H2,1-3H3,(H2,17,21)(H,18,20)(H,19,22)/t10-,11+,12+/m1/s1. The number of halogens is 1. The predicted molar refractivity (Wildman–Crippen MR) is 87.4 cm³/mol. The molecule has 0 aliphatic carbocycles. The van der Waals surface area contributed by atoms with Crippen LogP contribution in [0.15, 0.2) is 0 Å². The number of nitrogens with two attached hydrogens (primary N) is 1. The number of carbonyl (C=O) groups excluding carboxylic acids is 3. The number of hydrogen-bond acceptors (Lipinski definition) is 3. The molecule has 22 heavy (non-hydrogen) atoms. The molecule has 0 unspecified atom stereocenters. The lowest BCUT2D eigenvalue weighted by molar-refractivity contribution is -0.131.